The summed E-state index contributed by atoms with van der Waals surface area (Å²) >= 11 is 6.59. The van der Waals surface area contributed by atoms with E-state index in [0.717, 1.165) is 48.5 Å². The molecule has 0 spiro atoms. The highest BCUT2D eigenvalue weighted by atomic mass is 35.5. The van der Waals surface area contributed by atoms with Crippen LogP contribution in [-0.2, 0) is 16.6 Å². The Balaban J connectivity index is 0.00000336. The number of benzene rings is 2. The van der Waals surface area contributed by atoms with Crippen LogP contribution in [0.5, 0.6) is 5.75 Å². The Kier molecular flexibility index (Phi) is 8.41. The monoisotopic (exact) mass is 554 g/mol. The number of nitrogens with zero attached hydrogens (tertiary/aromatic N) is 4. The van der Waals surface area contributed by atoms with Gasteiger partial charge in [-0.15, -0.1) is 12.4 Å². The van der Waals surface area contributed by atoms with Crippen molar-refractivity contribution in [2.24, 2.45) is 7.05 Å². The van der Waals surface area contributed by atoms with Gasteiger partial charge in [0, 0.05) is 48.7 Å². The van der Waals surface area contributed by atoms with Gasteiger partial charge in [0.15, 0.2) is 0 Å². The number of aryl methyl sites for hydroxylation is 1. The van der Waals surface area contributed by atoms with Gasteiger partial charge in [-0.2, -0.15) is 0 Å². The number of rotatable bonds is 7. The topological polar surface area (TPSA) is 93.5 Å². The molecule has 1 amide bonds. The Labute approximate surface area is 231 Å². The summed E-state index contributed by atoms with van der Waals surface area (Å²) in [6, 6.07) is 11.6. The zero-order chi connectivity index (χ0) is 25.9. The second-order valence-corrected chi connectivity index (χ2v) is 8.99. The zero-order valence-electron chi connectivity index (χ0n) is 21.0. The van der Waals surface area contributed by atoms with Crippen LogP contribution in [0.4, 0.5) is 23.0 Å². The quantitative estimate of drug-likeness (QED) is 0.294. The first-order valence-electron chi connectivity index (χ1n) is 11.8. The van der Waals surface area contributed by atoms with Crippen LogP contribution in [0.1, 0.15) is 0 Å². The fourth-order valence-electron chi connectivity index (χ4n) is 4.39. The SMILES string of the molecule is C=CC(=O)Nc1ccc(OC)c(Nc2ncc(Cl)c(-c3cn(C)c4cc(N5CCOCC5)ccc34)n2)c1.Cl. The van der Waals surface area contributed by atoms with Crippen molar-refractivity contribution in [3.8, 4) is 17.0 Å². The first-order chi connectivity index (χ1) is 18.0. The summed E-state index contributed by atoms with van der Waals surface area (Å²) in [6.07, 6.45) is 4.81. The van der Waals surface area contributed by atoms with Gasteiger partial charge in [0.2, 0.25) is 11.9 Å². The minimum atomic E-state index is -0.311. The number of methoxy groups -OCH3 is 1. The van der Waals surface area contributed by atoms with Crippen molar-refractivity contribution >= 4 is 63.8 Å². The predicted octanol–water partition coefficient (Wildman–Crippen LogP) is 5.42. The van der Waals surface area contributed by atoms with Gasteiger partial charge in [-0.3, -0.25) is 4.79 Å². The standard InChI is InChI=1S/C27H27ClN6O3.ClH/c1-4-25(35)30-17-5-8-24(36-3)22(13-17)31-27-29-15-21(28)26(32-27)20-16-33(2)23-14-18(6-7-19(20)23)34-9-11-37-12-10-34;/h4-8,13-16H,1,9-12H2,2-3H3,(H,30,35)(H,29,31,32);1H. The van der Waals surface area contributed by atoms with Crippen LogP contribution in [0.25, 0.3) is 22.2 Å². The minimum absolute atomic E-state index is 0. The normalized spacial score (nSPS) is 13.1. The molecular formula is C27H28Cl2N6O3. The number of hydrogen-bond donors (Lipinski definition) is 2. The third kappa shape index (κ3) is 5.55. The molecule has 11 heteroatoms. The molecule has 198 valence electrons. The number of carbonyl (C=O) groups is 1. The Hall–Kier alpha value is -3.79. The second-order valence-electron chi connectivity index (χ2n) is 8.58. The predicted molar refractivity (Wildman–Crippen MR) is 154 cm³/mol. The van der Waals surface area contributed by atoms with Gasteiger partial charge >= 0.3 is 0 Å². The van der Waals surface area contributed by atoms with Gasteiger partial charge in [-0.05, 0) is 36.4 Å². The maximum Gasteiger partial charge on any atom is 0.247 e. The summed E-state index contributed by atoms with van der Waals surface area (Å²) in [4.78, 5) is 23.2. The Morgan fingerprint density at radius 3 is 2.74 bits per heavy atom. The highest BCUT2D eigenvalue weighted by Gasteiger charge is 2.18. The number of nitrogens with one attached hydrogen (secondary N) is 2. The van der Waals surface area contributed by atoms with Crippen LogP contribution in [0.2, 0.25) is 5.02 Å². The molecule has 0 radical (unpaired) electrons. The van der Waals surface area contributed by atoms with E-state index in [1.54, 1.807) is 31.5 Å². The first-order valence-corrected chi connectivity index (χ1v) is 12.2. The number of morpholine rings is 1. The average Bonchev–Trinajstić information content (AvgIpc) is 3.25. The van der Waals surface area contributed by atoms with Crippen LogP contribution in [-0.4, -0.2) is 53.9 Å². The van der Waals surface area contributed by atoms with Crippen molar-refractivity contribution in [3.63, 3.8) is 0 Å². The van der Waals surface area contributed by atoms with Crippen LogP contribution < -0.4 is 20.3 Å². The highest BCUT2D eigenvalue weighted by Crippen LogP contribution is 2.36. The van der Waals surface area contributed by atoms with Crippen LogP contribution in [0, 0.1) is 0 Å². The number of carbonyl (C=O) groups excluding carboxylic acids is 1. The zero-order valence-corrected chi connectivity index (χ0v) is 22.6. The largest absolute Gasteiger partial charge is 0.495 e. The molecule has 4 aromatic rings. The summed E-state index contributed by atoms with van der Waals surface area (Å²) in [7, 11) is 3.58. The lowest BCUT2D eigenvalue weighted by atomic mass is 10.1. The number of hydrogen-bond acceptors (Lipinski definition) is 7. The van der Waals surface area contributed by atoms with Gasteiger partial charge in [-0.1, -0.05) is 24.2 Å². The lowest BCUT2D eigenvalue weighted by Crippen LogP contribution is -2.36. The molecular weight excluding hydrogens is 527 g/mol. The number of amides is 1. The molecule has 3 heterocycles. The Morgan fingerprint density at radius 1 is 1.21 bits per heavy atom. The molecule has 1 aliphatic heterocycles. The maximum absolute atomic E-state index is 11.7. The fraction of sp³-hybridized carbons (Fsp3) is 0.222. The van der Waals surface area contributed by atoms with E-state index in [4.69, 9.17) is 26.1 Å². The van der Waals surface area contributed by atoms with Crippen LogP contribution >= 0.6 is 24.0 Å². The van der Waals surface area contributed by atoms with Crippen LogP contribution in [0.3, 0.4) is 0 Å². The molecule has 0 atom stereocenters. The number of fused-ring (bicyclic) bond motifs is 1. The molecule has 0 saturated carbocycles. The molecule has 5 rings (SSSR count). The molecule has 9 nitrogen and oxygen atoms in total. The summed E-state index contributed by atoms with van der Waals surface area (Å²) < 4.78 is 13.0. The van der Waals surface area contributed by atoms with E-state index in [1.807, 2.05) is 13.2 Å². The fourth-order valence-corrected chi connectivity index (χ4v) is 4.59. The van der Waals surface area contributed by atoms with Crippen molar-refractivity contribution in [1.29, 1.82) is 0 Å². The van der Waals surface area contributed by atoms with Gasteiger partial charge in [0.05, 0.1) is 48.4 Å². The smallest absolute Gasteiger partial charge is 0.247 e. The molecule has 1 aliphatic rings. The maximum atomic E-state index is 11.7. The van der Waals surface area contributed by atoms with E-state index >= 15 is 0 Å². The second kappa shape index (κ2) is 11.7. The van der Waals surface area contributed by atoms with E-state index in [0.29, 0.717) is 33.8 Å². The van der Waals surface area contributed by atoms with Gasteiger partial charge in [0.25, 0.3) is 0 Å². The van der Waals surface area contributed by atoms with Crippen molar-refractivity contribution in [1.82, 2.24) is 14.5 Å². The molecule has 2 aromatic heterocycles. The molecule has 2 aromatic carbocycles. The molecule has 2 N–H and O–H groups in total. The van der Waals surface area contributed by atoms with Gasteiger partial charge in [0.1, 0.15) is 5.75 Å². The molecule has 0 unspecified atom stereocenters. The van der Waals surface area contributed by atoms with E-state index < -0.39 is 0 Å². The minimum Gasteiger partial charge on any atom is -0.495 e. The number of aromatic nitrogens is 3. The lowest BCUT2D eigenvalue weighted by molar-refractivity contribution is -0.111. The first kappa shape index (κ1) is 27.3. The van der Waals surface area contributed by atoms with Crippen molar-refractivity contribution < 1.29 is 14.3 Å². The summed E-state index contributed by atoms with van der Waals surface area (Å²) in [5, 5.41) is 7.41. The summed E-state index contributed by atoms with van der Waals surface area (Å²) in [6.45, 7) is 6.70. The third-order valence-electron chi connectivity index (χ3n) is 6.25. The van der Waals surface area contributed by atoms with Crippen molar-refractivity contribution in [3.05, 3.63) is 66.5 Å². The average molecular weight is 555 g/mol. The molecule has 0 bridgehead atoms. The van der Waals surface area contributed by atoms with Gasteiger partial charge < -0.3 is 29.6 Å². The Morgan fingerprint density at radius 2 is 2.00 bits per heavy atom. The van der Waals surface area contributed by atoms with Crippen LogP contribution in [0.15, 0.2) is 61.4 Å². The third-order valence-corrected chi connectivity index (χ3v) is 6.53. The van der Waals surface area contributed by atoms with Gasteiger partial charge in [-0.25, -0.2) is 9.97 Å². The van der Waals surface area contributed by atoms with E-state index in [-0.39, 0.29) is 18.3 Å². The Bertz CT molecular complexity index is 1480. The van der Waals surface area contributed by atoms with E-state index in [9.17, 15) is 4.79 Å². The molecule has 1 fully saturated rings. The van der Waals surface area contributed by atoms with Crippen molar-refractivity contribution in [2.45, 2.75) is 0 Å². The number of anilines is 4. The highest BCUT2D eigenvalue weighted by molar-refractivity contribution is 6.33. The van der Waals surface area contributed by atoms with Crippen molar-refractivity contribution in [2.75, 3.05) is 48.9 Å². The number of halogens is 2. The number of ether oxygens (including phenoxy) is 2. The summed E-state index contributed by atoms with van der Waals surface area (Å²) in [5.74, 6) is 0.596. The van der Waals surface area contributed by atoms with E-state index in [2.05, 4.69) is 49.9 Å². The lowest BCUT2D eigenvalue weighted by Gasteiger charge is -2.29. The molecule has 1 saturated heterocycles. The van der Waals surface area contributed by atoms with E-state index in [1.165, 1.54) is 6.08 Å². The molecule has 0 aliphatic carbocycles. The summed E-state index contributed by atoms with van der Waals surface area (Å²) in [5.41, 5.74) is 4.92. The molecule has 38 heavy (non-hydrogen) atoms.